The molecular formula is C30H44N4O3Si. The molecule has 2 aromatic rings. The number of allylic oxidation sites excluding steroid dienone is 3. The lowest BCUT2D eigenvalue weighted by molar-refractivity contribution is -0.142. The Balaban J connectivity index is 1.60. The van der Waals surface area contributed by atoms with E-state index in [0.717, 1.165) is 61.0 Å². The average molecular weight is 537 g/mol. The third-order valence-corrected chi connectivity index (χ3v) is 8.99. The van der Waals surface area contributed by atoms with Crippen molar-refractivity contribution in [2.45, 2.75) is 84.3 Å². The minimum atomic E-state index is -1.11. The molecule has 1 aromatic heterocycles. The van der Waals surface area contributed by atoms with Crippen LogP contribution in [0.3, 0.4) is 0 Å². The molecule has 1 aromatic carbocycles. The van der Waals surface area contributed by atoms with Crippen LogP contribution < -0.4 is 0 Å². The van der Waals surface area contributed by atoms with Gasteiger partial charge in [-0.3, -0.25) is 9.79 Å². The van der Waals surface area contributed by atoms with Crippen molar-refractivity contribution < 1.29 is 14.3 Å². The molecule has 206 valence electrons. The number of rotatable bonds is 12. The van der Waals surface area contributed by atoms with E-state index in [0.29, 0.717) is 30.8 Å². The summed E-state index contributed by atoms with van der Waals surface area (Å²) in [7, 11) is 0.354. The molecule has 0 amide bonds. The molecule has 0 spiro atoms. The van der Waals surface area contributed by atoms with Crippen molar-refractivity contribution in [3.8, 4) is 0 Å². The number of aliphatic imine (C=N–C) groups is 1. The van der Waals surface area contributed by atoms with Gasteiger partial charge in [-0.1, -0.05) is 50.0 Å². The summed E-state index contributed by atoms with van der Waals surface area (Å²) in [6.07, 6.45) is 8.84. The Morgan fingerprint density at radius 3 is 2.45 bits per heavy atom. The number of aryl methyl sites for hydroxylation is 1. The highest BCUT2D eigenvalue weighted by atomic mass is 28.3. The van der Waals surface area contributed by atoms with Gasteiger partial charge in [-0.2, -0.15) is 0 Å². The Hall–Kier alpha value is -2.84. The van der Waals surface area contributed by atoms with Crippen LogP contribution in [-0.2, 0) is 21.0 Å². The van der Waals surface area contributed by atoms with Gasteiger partial charge in [0.1, 0.15) is 12.6 Å². The van der Waals surface area contributed by atoms with Gasteiger partial charge in [0.2, 0.25) is 0 Å². The third kappa shape index (κ3) is 8.87. The molecule has 1 saturated carbocycles. The summed E-state index contributed by atoms with van der Waals surface area (Å²) < 4.78 is 12.5. The van der Waals surface area contributed by atoms with Crippen molar-refractivity contribution in [3.05, 3.63) is 59.2 Å². The maximum absolute atomic E-state index is 11.6. The topological polar surface area (TPSA) is 78.6 Å². The first-order valence-electron chi connectivity index (χ1n) is 13.6. The average Bonchev–Trinajstić information content (AvgIpc) is 3.27. The maximum atomic E-state index is 11.6. The van der Waals surface area contributed by atoms with E-state index in [9.17, 15) is 4.79 Å². The summed E-state index contributed by atoms with van der Waals surface area (Å²) in [6, 6.07) is 9.77. The summed E-state index contributed by atoms with van der Waals surface area (Å²) in [5.74, 6) is 2.41. The number of carbonyl (C=O) groups is 1. The van der Waals surface area contributed by atoms with Crippen molar-refractivity contribution in [2.75, 3.05) is 13.7 Å². The standard InChI is InChI=1S/C30H44N4O3Si/c1-22(30-32-23(2)34(33-30)21-37-18-19-38(5,6)7)8-17-28(31-3)27-15-13-26(14-16-27)25-11-9-24(10-12-25)20-29(35)36-4/h8,13-17,24-25H,3,9-12,18-21H2,1-2,4-7H3/b22-8+,28-17-/t24-,25-. The van der Waals surface area contributed by atoms with E-state index >= 15 is 0 Å². The highest BCUT2D eigenvalue weighted by Gasteiger charge is 2.24. The molecule has 1 aliphatic carbocycles. The Kier molecular flexibility index (Phi) is 10.8. The first-order chi connectivity index (χ1) is 18.1. The quantitative estimate of drug-likeness (QED) is 0.0971. The molecule has 7 nitrogen and oxygen atoms in total. The van der Waals surface area contributed by atoms with Crippen LogP contribution in [0, 0.1) is 12.8 Å². The lowest BCUT2D eigenvalue weighted by Gasteiger charge is -2.28. The van der Waals surface area contributed by atoms with Crippen molar-refractivity contribution >= 4 is 32.0 Å². The molecule has 0 unspecified atom stereocenters. The van der Waals surface area contributed by atoms with E-state index in [4.69, 9.17) is 9.47 Å². The van der Waals surface area contributed by atoms with Crippen molar-refractivity contribution in [2.24, 2.45) is 10.9 Å². The lowest BCUT2D eigenvalue weighted by atomic mass is 9.77. The zero-order valence-corrected chi connectivity index (χ0v) is 25.0. The van der Waals surface area contributed by atoms with Gasteiger partial charge in [-0.05, 0) is 81.3 Å². The van der Waals surface area contributed by atoms with Gasteiger partial charge in [-0.15, -0.1) is 5.10 Å². The van der Waals surface area contributed by atoms with E-state index in [-0.39, 0.29) is 5.97 Å². The van der Waals surface area contributed by atoms with Crippen LogP contribution in [0.2, 0.25) is 25.7 Å². The largest absolute Gasteiger partial charge is 0.469 e. The lowest BCUT2D eigenvalue weighted by Crippen LogP contribution is -2.22. The second-order valence-electron chi connectivity index (χ2n) is 11.5. The number of carbonyl (C=O) groups excluding carboxylic acids is 1. The molecule has 0 radical (unpaired) electrons. The predicted molar refractivity (Wildman–Crippen MR) is 158 cm³/mol. The number of methoxy groups -OCH3 is 1. The second kappa shape index (κ2) is 13.8. The first kappa shape index (κ1) is 29.7. The second-order valence-corrected chi connectivity index (χ2v) is 17.1. The molecule has 1 heterocycles. The molecule has 1 aliphatic rings. The van der Waals surface area contributed by atoms with Gasteiger partial charge < -0.3 is 9.47 Å². The fourth-order valence-corrected chi connectivity index (χ4v) is 5.46. The number of benzene rings is 1. The van der Waals surface area contributed by atoms with Crippen molar-refractivity contribution in [1.29, 1.82) is 0 Å². The molecule has 1 fully saturated rings. The van der Waals surface area contributed by atoms with Crippen LogP contribution in [-0.4, -0.2) is 49.2 Å². The summed E-state index contributed by atoms with van der Waals surface area (Å²) in [5, 5.41) is 4.63. The van der Waals surface area contributed by atoms with E-state index in [1.54, 1.807) is 0 Å². The molecule has 0 aliphatic heterocycles. The van der Waals surface area contributed by atoms with Gasteiger partial charge >= 0.3 is 5.97 Å². The van der Waals surface area contributed by atoms with Crippen LogP contribution in [0.25, 0.3) is 11.3 Å². The van der Waals surface area contributed by atoms with Gasteiger partial charge in [0.25, 0.3) is 0 Å². The Labute approximate surface area is 229 Å². The predicted octanol–water partition coefficient (Wildman–Crippen LogP) is 6.88. The van der Waals surface area contributed by atoms with E-state index in [2.05, 4.69) is 65.7 Å². The Morgan fingerprint density at radius 2 is 1.84 bits per heavy atom. The molecule has 38 heavy (non-hydrogen) atoms. The zero-order valence-electron chi connectivity index (χ0n) is 24.0. The summed E-state index contributed by atoms with van der Waals surface area (Å²) in [5.41, 5.74) is 4.13. The molecule has 0 saturated heterocycles. The molecule has 8 heteroatoms. The van der Waals surface area contributed by atoms with Gasteiger partial charge in [0, 0.05) is 26.7 Å². The van der Waals surface area contributed by atoms with E-state index in [1.165, 1.54) is 12.7 Å². The minimum absolute atomic E-state index is 0.0977. The van der Waals surface area contributed by atoms with Gasteiger partial charge in [-0.25, -0.2) is 9.67 Å². The number of hydrogen-bond donors (Lipinski definition) is 0. The highest BCUT2D eigenvalue weighted by Crippen LogP contribution is 2.37. The first-order valence-corrected chi connectivity index (χ1v) is 17.3. The fourth-order valence-electron chi connectivity index (χ4n) is 4.70. The third-order valence-electron chi connectivity index (χ3n) is 7.29. The smallest absolute Gasteiger partial charge is 0.305 e. The van der Waals surface area contributed by atoms with E-state index in [1.807, 2.05) is 30.7 Å². The molecule has 0 N–H and O–H groups in total. The van der Waals surface area contributed by atoms with Crippen LogP contribution >= 0.6 is 0 Å². The number of aromatic nitrogens is 3. The normalized spacial score (nSPS) is 18.9. The van der Waals surface area contributed by atoms with Crippen LogP contribution in [0.1, 0.15) is 67.7 Å². The molecule has 0 atom stereocenters. The highest BCUT2D eigenvalue weighted by molar-refractivity contribution is 6.76. The number of ether oxygens (including phenoxy) is 2. The molecular weight excluding hydrogens is 492 g/mol. The minimum Gasteiger partial charge on any atom is -0.469 e. The van der Waals surface area contributed by atoms with Crippen LogP contribution in [0.4, 0.5) is 0 Å². The Morgan fingerprint density at radius 1 is 1.16 bits per heavy atom. The van der Waals surface area contributed by atoms with Crippen LogP contribution in [0.15, 0.2) is 41.4 Å². The number of nitrogens with zero attached hydrogens (tertiary/aromatic N) is 4. The Bertz CT molecular complexity index is 1140. The fraction of sp³-hybridized carbons (Fsp3) is 0.533. The van der Waals surface area contributed by atoms with Crippen LogP contribution in [0.5, 0.6) is 0 Å². The number of hydrogen-bond acceptors (Lipinski definition) is 6. The van der Waals surface area contributed by atoms with E-state index < -0.39 is 8.07 Å². The molecule has 3 rings (SSSR count). The van der Waals surface area contributed by atoms with Gasteiger partial charge in [0.15, 0.2) is 5.82 Å². The summed E-state index contributed by atoms with van der Waals surface area (Å²) in [4.78, 5) is 20.5. The molecule has 0 bridgehead atoms. The van der Waals surface area contributed by atoms with Crippen molar-refractivity contribution in [1.82, 2.24) is 14.8 Å². The van der Waals surface area contributed by atoms with Crippen molar-refractivity contribution in [3.63, 3.8) is 0 Å². The monoisotopic (exact) mass is 536 g/mol. The summed E-state index contributed by atoms with van der Waals surface area (Å²) >= 11 is 0. The van der Waals surface area contributed by atoms with Gasteiger partial charge in [0.05, 0.1) is 12.8 Å². The maximum Gasteiger partial charge on any atom is 0.305 e. The SMILES string of the molecule is C=N/C(=C\C=C(/C)c1nc(C)n(COCC[Si](C)(C)C)n1)c1ccc([C@H]2CC[C@H](CC(=O)OC)CC2)cc1. The number of esters is 1. The summed E-state index contributed by atoms with van der Waals surface area (Å²) in [6.45, 7) is 16.0. The zero-order chi connectivity index (χ0) is 27.7.